The van der Waals surface area contributed by atoms with Crippen molar-refractivity contribution in [2.75, 3.05) is 19.6 Å². The molecular formula is C42H77N11O12. The molecule has 0 fully saturated rings. The van der Waals surface area contributed by atoms with Gasteiger partial charge < -0.3 is 70.4 Å². The SMILES string of the molecule is CC[C@H](C)[C@H](N)C(=O)N[C@@H](CCCCN)C(=O)N[C@@H](CCC(=O)O)C(=O)N[C@@H](CCC(N)=O)C(=O)N[C@@H](CCCCN)C(=O)N[C@@H](CC(C)C)C(=O)NCC(=O)N[C@@H](CC(C)C)C(=O)O. The van der Waals surface area contributed by atoms with E-state index in [1.807, 2.05) is 6.92 Å². The monoisotopic (exact) mass is 928 g/mol. The first-order valence-electron chi connectivity index (χ1n) is 22.4. The van der Waals surface area contributed by atoms with Gasteiger partial charge in [0, 0.05) is 12.8 Å². The van der Waals surface area contributed by atoms with Crippen LogP contribution in [0, 0.1) is 17.8 Å². The van der Waals surface area contributed by atoms with Crippen LogP contribution in [0.25, 0.3) is 0 Å². The Labute approximate surface area is 381 Å². The highest BCUT2D eigenvalue weighted by Crippen LogP contribution is 2.12. The number of primary amides is 1. The number of unbranched alkanes of at least 4 members (excludes halogenated alkanes) is 2. The molecule has 8 atom stereocenters. The summed E-state index contributed by atoms with van der Waals surface area (Å²) < 4.78 is 0. The van der Waals surface area contributed by atoms with E-state index in [1.54, 1.807) is 34.6 Å². The number of nitrogens with two attached hydrogens (primary N) is 4. The molecule has 0 bridgehead atoms. The summed E-state index contributed by atoms with van der Waals surface area (Å²) in [5.41, 5.74) is 22.8. The van der Waals surface area contributed by atoms with Crippen LogP contribution < -0.4 is 60.2 Å². The van der Waals surface area contributed by atoms with Crippen molar-refractivity contribution in [3.05, 3.63) is 0 Å². The molecule has 0 saturated heterocycles. The number of carbonyl (C=O) groups excluding carboxylic acids is 8. The Kier molecular flexibility index (Phi) is 29.6. The molecule has 23 heteroatoms. The van der Waals surface area contributed by atoms with Gasteiger partial charge in [0.15, 0.2) is 0 Å². The fraction of sp³-hybridized carbons (Fsp3) is 0.762. The zero-order valence-corrected chi connectivity index (χ0v) is 38.9. The van der Waals surface area contributed by atoms with Gasteiger partial charge in [0.1, 0.15) is 36.3 Å². The van der Waals surface area contributed by atoms with Crippen LogP contribution in [0.4, 0.5) is 0 Å². The van der Waals surface area contributed by atoms with Gasteiger partial charge in [0.25, 0.3) is 0 Å². The maximum Gasteiger partial charge on any atom is 0.326 e. The Hall–Kier alpha value is -5.42. The molecule has 0 radical (unpaired) electrons. The Bertz CT molecular complexity index is 1580. The Balaban J connectivity index is 6.50. The largest absolute Gasteiger partial charge is 0.481 e. The molecule has 0 saturated carbocycles. The predicted octanol–water partition coefficient (Wildman–Crippen LogP) is -2.05. The van der Waals surface area contributed by atoms with E-state index in [4.69, 9.17) is 22.9 Å². The number of carboxylic acids is 2. The predicted molar refractivity (Wildman–Crippen MR) is 240 cm³/mol. The van der Waals surface area contributed by atoms with Gasteiger partial charge in [-0.25, -0.2) is 4.79 Å². The highest BCUT2D eigenvalue weighted by molar-refractivity contribution is 5.97. The molecule has 0 aliphatic carbocycles. The van der Waals surface area contributed by atoms with Gasteiger partial charge in [-0.3, -0.25) is 43.2 Å². The number of hydrogen-bond acceptors (Lipinski definition) is 13. The summed E-state index contributed by atoms with van der Waals surface area (Å²) in [7, 11) is 0. The van der Waals surface area contributed by atoms with Crippen molar-refractivity contribution in [2.45, 2.75) is 167 Å². The minimum atomic E-state index is -1.56. The highest BCUT2D eigenvalue weighted by Gasteiger charge is 2.34. The van der Waals surface area contributed by atoms with Crippen LogP contribution in [0.1, 0.15) is 125 Å². The third kappa shape index (κ3) is 25.6. The highest BCUT2D eigenvalue weighted by atomic mass is 16.4. The lowest BCUT2D eigenvalue weighted by Crippen LogP contribution is -2.60. The number of aliphatic carboxylic acids is 2. The summed E-state index contributed by atoms with van der Waals surface area (Å²) >= 11 is 0. The number of rotatable bonds is 35. The normalized spacial score (nSPS) is 14.9. The van der Waals surface area contributed by atoms with Gasteiger partial charge in [-0.2, -0.15) is 0 Å². The van der Waals surface area contributed by atoms with E-state index in [9.17, 15) is 58.2 Å². The van der Waals surface area contributed by atoms with Gasteiger partial charge >= 0.3 is 11.9 Å². The molecule has 372 valence electrons. The summed E-state index contributed by atoms with van der Waals surface area (Å²) in [4.78, 5) is 129. The summed E-state index contributed by atoms with van der Waals surface area (Å²) in [6, 6.07) is -8.99. The molecule has 23 nitrogen and oxygen atoms in total. The molecule has 17 N–H and O–H groups in total. The molecule has 0 aromatic heterocycles. The topological polar surface area (TPSA) is 399 Å². The summed E-state index contributed by atoms with van der Waals surface area (Å²) in [6.45, 7) is 10.7. The quantitative estimate of drug-likeness (QED) is 0.0304. The zero-order chi connectivity index (χ0) is 49.8. The van der Waals surface area contributed by atoms with Gasteiger partial charge in [-0.15, -0.1) is 0 Å². The Morgan fingerprint density at radius 3 is 1.29 bits per heavy atom. The maximum absolute atomic E-state index is 13.9. The van der Waals surface area contributed by atoms with E-state index in [0.717, 1.165) is 0 Å². The van der Waals surface area contributed by atoms with Gasteiger partial charge in [0.2, 0.25) is 47.3 Å². The number of carbonyl (C=O) groups is 10. The average molecular weight is 928 g/mol. The fourth-order valence-electron chi connectivity index (χ4n) is 6.42. The maximum atomic E-state index is 13.9. The second-order valence-electron chi connectivity index (χ2n) is 17.2. The van der Waals surface area contributed by atoms with Crippen molar-refractivity contribution in [1.29, 1.82) is 0 Å². The van der Waals surface area contributed by atoms with Crippen LogP contribution in [0.5, 0.6) is 0 Å². The lowest BCUT2D eigenvalue weighted by Gasteiger charge is -2.28. The van der Waals surface area contributed by atoms with E-state index in [2.05, 4.69) is 37.2 Å². The number of hydrogen-bond donors (Lipinski definition) is 13. The lowest BCUT2D eigenvalue weighted by atomic mass is 9.98. The molecule has 0 aliphatic rings. The van der Waals surface area contributed by atoms with E-state index < -0.39 is 127 Å². The molecule has 0 spiro atoms. The first-order chi connectivity index (χ1) is 30.5. The van der Waals surface area contributed by atoms with Crippen molar-refractivity contribution in [3.8, 4) is 0 Å². The molecule has 0 aromatic rings. The van der Waals surface area contributed by atoms with Crippen LogP contribution in [0.3, 0.4) is 0 Å². The molecule has 0 aromatic carbocycles. The van der Waals surface area contributed by atoms with Gasteiger partial charge in [0.05, 0.1) is 12.6 Å². The van der Waals surface area contributed by atoms with Crippen molar-refractivity contribution in [3.63, 3.8) is 0 Å². The van der Waals surface area contributed by atoms with Crippen LogP contribution in [-0.4, -0.2) is 131 Å². The van der Waals surface area contributed by atoms with Gasteiger partial charge in [-0.1, -0.05) is 48.0 Å². The van der Waals surface area contributed by atoms with Gasteiger partial charge in [-0.05, 0) is 95.1 Å². The third-order valence-corrected chi connectivity index (χ3v) is 10.4. The summed E-state index contributed by atoms with van der Waals surface area (Å²) in [6.07, 6.45) is 0.750. The van der Waals surface area contributed by atoms with Crippen LogP contribution in [-0.2, 0) is 47.9 Å². The van der Waals surface area contributed by atoms with E-state index in [0.29, 0.717) is 38.6 Å². The van der Waals surface area contributed by atoms with Crippen LogP contribution in [0.15, 0.2) is 0 Å². The molecule has 0 unspecified atom stereocenters. The number of amides is 8. The fourth-order valence-corrected chi connectivity index (χ4v) is 6.42. The van der Waals surface area contributed by atoms with Crippen molar-refractivity contribution < 1.29 is 58.2 Å². The van der Waals surface area contributed by atoms with E-state index in [-0.39, 0.29) is 56.4 Å². The average Bonchev–Trinajstić information content (AvgIpc) is 3.22. The minimum absolute atomic E-state index is 0.00532. The standard InChI is InChI=1S/C42H77N11O12/c1-7-25(6)35(46)41(63)52-27(13-9-11-19-44)37(59)51-29(15-17-34(56)57)40(62)50-28(14-16-32(45)54)39(61)49-26(12-8-10-18-43)38(60)53-30(20-23(2)3)36(58)47-22-33(55)48-31(42(64)65)21-24(4)5/h23-31,35H,7-22,43-44,46H2,1-6H3,(H2,45,54)(H,47,58)(H,48,55)(H,49,61)(H,50,62)(H,51,59)(H,52,63)(H,53,60)(H,56,57)(H,64,65)/t25-,26-,27-,28-,29-,30-,31-,35-/m0/s1. The number of carboxylic acid groups (broad SMARTS) is 2. The smallest absolute Gasteiger partial charge is 0.326 e. The minimum Gasteiger partial charge on any atom is -0.481 e. The van der Waals surface area contributed by atoms with Crippen molar-refractivity contribution >= 4 is 59.2 Å². The van der Waals surface area contributed by atoms with E-state index in [1.165, 1.54) is 0 Å². The molecule has 0 aliphatic heterocycles. The van der Waals surface area contributed by atoms with Crippen molar-refractivity contribution in [2.24, 2.45) is 40.7 Å². The van der Waals surface area contributed by atoms with Crippen LogP contribution >= 0.6 is 0 Å². The third-order valence-electron chi connectivity index (χ3n) is 10.4. The van der Waals surface area contributed by atoms with Crippen LogP contribution in [0.2, 0.25) is 0 Å². The Morgan fingerprint density at radius 1 is 0.508 bits per heavy atom. The molecule has 65 heavy (non-hydrogen) atoms. The second kappa shape index (κ2) is 32.3. The molecular weight excluding hydrogens is 851 g/mol. The Morgan fingerprint density at radius 2 is 0.908 bits per heavy atom. The molecule has 0 heterocycles. The summed E-state index contributed by atoms with van der Waals surface area (Å²) in [5, 5.41) is 36.5. The lowest BCUT2D eigenvalue weighted by molar-refractivity contribution is -0.142. The molecule has 8 amide bonds. The van der Waals surface area contributed by atoms with Crippen molar-refractivity contribution in [1.82, 2.24) is 37.2 Å². The zero-order valence-electron chi connectivity index (χ0n) is 38.9. The second-order valence-corrected chi connectivity index (χ2v) is 17.2. The number of nitrogens with one attached hydrogen (secondary N) is 7. The van der Waals surface area contributed by atoms with E-state index >= 15 is 0 Å². The summed E-state index contributed by atoms with van der Waals surface area (Å²) in [5.74, 6) is -9.58. The molecule has 0 rings (SSSR count). The first kappa shape index (κ1) is 59.6. The first-order valence-corrected chi connectivity index (χ1v) is 22.4.